The molecule has 0 saturated carbocycles. The minimum atomic E-state index is 0.561. The van der Waals surface area contributed by atoms with Crippen molar-refractivity contribution in [1.82, 2.24) is 5.32 Å². The third kappa shape index (κ3) is 2.80. The van der Waals surface area contributed by atoms with Crippen molar-refractivity contribution < 1.29 is 9.47 Å². The van der Waals surface area contributed by atoms with Crippen LogP contribution in [0, 0.1) is 0 Å². The van der Waals surface area contributed by atoms with Gasteiger partial charge in [0.2, 0.25) is 0 Å². The monoisotopic (exact) mass is 233 g/mol. The van der Waals surface area contributed by atoms with E-state index in [2.05, 4.69) is 23.5 Å². The van der Waals surface area contributed by atoms with Crippen LogP contribution in [0.1, 0.15) is 18.4 Å². The van der Waals surface area contributed by atoms with Crippen LogP contribution in [0.15, 0.2) is 30.4 Å². The van der Waals surface area contributed by atoms with Crippen LogP contribution in [0.4, 0.5) is 0 Å². The predicted molar refractivity (Wildman–Crippen MR) is 68.5 cm³/mol. The fourth-order valence-corrected chi connectivity index (χ4v) is 2.13. The molecule has 0 saturated heterocycles. The molecule has 1 aliphatic rings. The highest BCUT2D eigenvalue weighted by molar-refractivity contribution is 5.46. The van der Waals surface area contributed by atoms with Crippen molar-refractivity contribution in [2.45, 2.75) is 25.4 Å². The Kier molecular flexibility index (Phi) is 4.04. The molecule has 1 N–H and O–H groups in total. The molecule has 0 heterocycles. The fraction of sp³-hybridized carbons (Fsp3) is 0.429. The van der Waals surface area contributed by atoms with E-state index in [9.17, 15) is 0 Å². The highest BCUT2D eigenvalue weighted by Crippen LogP contribution is 2.30. The molecule has 1 aliphatic carbocycles. The number of hydrogen-bond acceptors (Lipinski definition) is 3. The van der Waals surface area contributed by atoms with Gasteiger partial charge in [0.1, 0.15) is 0 Å². The van der Waals surface area contributed by atoms with E-state index in [0.29, 0.717) is 6.04 Å². The second kappa shape index (κ2) is 5.73. The van der Waals surface area contributed by atoms with Crippen LogP contribution >= 0.6 is 0 Å². The van der Waals surface area contributed by atoms with Crippen molar-refractivity contribution in [3.8, 4) is 11.5 Å². The number of methoxy groups -OCH3 is 2. The topological polar surface area (TPSA) is 30.5 Å². The highest BCUT2D eigenvalue weighted by atomic mass is 16.5. The van der Waals surface area contributed by atoms with Crippen LogP contribution in [0.3, 0.4) is 0 Å². The molecule has 3 nitrogen and oxygen atoms in total. The van der Waals surface area contributed by atoms with E-state index in [1.807, 2.05) is 12.1 Å². The number of ether oxygens (including phenoxy) is 2. The summed E-state index contributed by atoms with van der Waals surface area (Å²) in [6, 6.07) is 6.53. The third-order valence-corrected chi connectivity index (χ3v) is 3.07. The SMILES string of the molecule is COc1cccc(CNC2CC=CC2)c1OC. The van der Waals surface area contributed by atoms with Crippen LogP contribution in [-0.2, 0) is 6.54 Å². The van der Waals surface area contributed by atoms with Crippen molar-refractivity contribution in [3.63, 3.8) is 0 Å². The smallest absolute Gasteiger partial charge is 0.165 e. The van der Waals surface area contributed by atoms with Crippen LogP contribution in [-0.4, -0.2) is 20.3 Å². The summed E-state index contributed by atoms with van der Waals surface area (Å²) in [5.74, 6) is 1.62. The molecule has 1 aromatic rings. The molecule has 0 aromatic heterocycles. The Morgan fingerprint density at radius 1 is 1.18 bits per heavy atom. The number of para-hydroxylation sites is 1. The lowest BCUT2D eigenvalue weighted by atomic mass is 10.1. The summed E-state index contributed by atoms with van der Waals surface area (Å²) in [4.78, 5) is 0. The number of benzene rings is 1. The molecule has 0 radical (unpaired) electrons. The van der Waals surface area contributed by atoms with Gasteiger partial charge in [-0.25, -0.2) is 0 Å². The number of hydrogen-bond donors (Lipinski definition) is 1. The van der Waals surface area contributed by atoms with Crippen molar-refractivity contribution in [1.29, 1.82) is 0 Å². The van der Waals surface area contributed by atoms with Gasteiger partial charge in [0.05, 0.1) is 14.2 Å². The minimum Gasteiger partial charge on any atom is -0.493 e. The van der Waals surface area contributed by atoms with Crippen molar-refractivity contribution in [2.24, 2.45) is 0 Å². The summed E-state index contributed by atoms with van der Waals surface area (Å²) in [5, 5.41) is 3.53. The maximum Gasteiger partial charge on any atom is 0.165 e. The highest BCUT2D eigenvalue weighted by Gasteiger charge is 2.12. The quantitative estimate of drug-likeness (QED) is 0.793. The number of nitrogens with one attached hydrogen (secondary N) is 1. The Bertz CT molecular complexity index is 393. The number of rotatable bonds is 5. The van der Waals surface area contributed by atoms with Crippen LogP contribution in [0.5, 0.6) is 11.5 Å². The summed E-state index contributed by atoms with van der Waals surface area (Å²) in [6.07, 6.45) is 6.68. The summed E-state index contributed by atoms with van der Waals surface area (Å²) in [5.41, 5.74) is 1.14. The van der Waals surface area contributed by atoms with Crippen molar-refractivity contribution in [3.05, 3.63) is 35.9 Å². The van der Waals surface area contributed by atoms with Crippen LogP contribution < -0.4 is 14.8 Å². The summed E-state index contributed by atoms with van der Waals surface area (Å²) in [7, 11) is 3.34. The molecule has 0 bridgehead atoms. The average Bonchev–Trinajstić information content (AvgIpc) is 2.88. The van der Waals surface area contributed by atoms with Gasteiger partial charge in [0.15, 0.2) is 11.5 Å². The van der Waals surface area contributed by atoms with E-state index in [0.717, 1.165) is 36.4 Å². The third-order valence-electron chi connectivity index (χ3n) is 3.07. The summed E-state index contributed by atoms with van der Waals surface area (Å²) in [6.45, 7) is 0.812. The van der Waals surface area contributed by atoms with E-state index < -0.39 is 0 Å². The lowest BCUT2D eigenvalue weighted by Crippen LogP contribution is -2.25. The first-order chi connectivity index (χ1) is 8.35. The van der Waals surface area contributed by atoms with Gasteiger partial charge >= 0.3 is 0 Å². The Balaban J connectivity index is 2.03. The molecular weight excluding hydrogens is 214 g/mol. The van der Waals surface area contributed by atoms with E-state index in [4.69, 9.17) is 9.47 Å². The Morgan fingerprint density at radius 2 is 1.94 bits per heavy atom. The maximum atomic E-state index is 5.40. The lowest BCUT2D eigenvalue weighted by molar-refractivity contribution is 0.350. The summed E-state index contributed by atoms with van der Waals surface area (Å²) >= 11 is 0. The van der Waals surface area contributed by atoms with E-state index in [-0.39, 0.29) is 0 Å². The molecule has 0 amide bonds. The molecule has 0 spiro atoms. The Hall–Kier alpha value is -1.48. The van der Waals surface area contributed by atoms with Gasteiger partial charge in [-0.05, 0) is 18.9 Å². The zero-order valence-electron chi connectivity index (χ0n) is 10.4. The summed E-state index contributed by atoms with van der Waals surface area (Å²) < 4.78 is 10.7. The zero-order chi connectivity index (χ0) is 12.1. The molecule has 17 heavy (non-hydrogen) atoms. The van der Waals surface area contributed by atoms with Gasteiger partial charge in [-0.3, -0.25) is 0 Å². The van der Waals surface area contributed by atoms with Gasteiger partial charge in [-0.1, -0.05) is 24.3 Å². The predicted octanol–water partition coefficient (Wildman–Crippen LogP) is 2.51. The lowest BCUT2D eigenvalue weighted by Gasteiger charge is -2.15. The Morgan fingerprint density at radius 3 is 2.59 bits per heavy atom. The average molecular weight is 233 g/mol. The second-order valence-electron chi connectivity index (χ2n) is 4.17. The standard InChI is InChI=1S/C14H19NO2/c1-16-13-9-5-6-11(14(13)17-2)10-15-12-7-3-4-8-12/h3-6,9,12,15H,7-8,10H2,1-2H3. The van der Waals surface area contributed by atoms with Gasteiger partial charge in [-0.15, -0.1) is 0 Å². The first kappa shape index (κ1) is 12.0. The van der Waals surface area contributed by atoms with Crippen LogP contribution in [0.2, 0.25) is 0 Å². The van der Waals surface area contributed by atoms with Crippen molar-refractivity contribution in [2.75, 3.05) is 14.2 Å². The van der Waals surface area contributed by atoms with Gasteiger partial charge in [0, 0.05) is 18.2 Å². The molecule has 2 rings (SSSR count). The van der Waals surface area contributed by atoms with E-state index >= 15 is 0 Å². The van der Waals surface area contributed by atoms with E-state index in [1.165, 1.54) is 0 Å². The molecule has 0 unspecified atom stereocenters. The molecule has 92 valence electrons. The minimum absolute atomic E-state index is 0.561. The van der Waals surface area contributed by atoms with Crippen LogP contribution in [0.25, 0.3) is 0 Å². The molecule has 0 aliphatic heterocycles. The van der Waals surface area contributed by atoms with Crippen molar-refractivity contribution >= 4 is 0 Å². The normalized spacial score (nSPS) is 15.2. The van der Waals surface area contributed by atoms with Gasteiger partial charge in [0.25, 0.3) is 0 Å². The van der Waals surface area contributed by atoms with Gasteiger partial charge < -0.3 is 14.8 Å². The molecule has 0 atom stereocenters. The molecular formula is C14H19NO2. The Labute approximate surface area is 102 Å². The molecule has 0 fully saturated rings. The molecule has 1 aromatic carbocycles. The maximum absolute atomic E-state index is 5.40. The largest absolute Gasteiger partial charge is 0.493 e. The zero-order valence-corrected chi connectivity index (χ0v) is 10.4. The first-order valence-electron chi connectivity index (χ1n) is 5.93. The molecule has 3 heteroatoms. The van der Waals surface area contributed by atoms with Gasteiger partial charge in [-0.2, -0.15) is 0 Å². The fourth-order valence-electron chi connectivity index (χ4n) is 2.13. The van der Waals surface area contributed by atoms with E-state index in [1.54, 1.807) is 14.2 Å². The second-order valence-corrected chi connectivity index (χ2v) is 4.17. The first-order valence-corrected chi connectivity index (χ1v) is 5.93.